The summed E-state index contributed by atoms with van der Waals surface area (Å²) in [6.07, 6.45) is 3.44. The van der Waals surface area contributed by atoms with Gasteiger partial charge in [-0.1, -0.05) is 67.9 Å². The third kappa shape index (κ3) is 12.7. The summed E-state index contributed by atoms with van der Waals surface area (Å²) >= 11 is 1.68. The molecule has 0 spiro atoms. The van der Waals surface area contributed by atoms with E-state index in [1.165, 1.54) is 9.78 Å². The summed E-state index contributed by atoms with van der Waals surface area (Å²) in [7, 11) is 0. The van der Waals surface area contributed by atoms with Crippen molar-refractivity contribution in [2.24, 2.45) is 23.1 Å². The lowest BCUT2D eigenvalue weighted by Gasteiger charge is -2.33. The summed E-state index contributed by atoms with van der Waals surface area (Å²) in [5.74, 6) is -6.83. The highest BCUT2D eigenvalue weighted by Crippen LogP contribution is 2.32. The Morgan fingerprint density at radius 2 is 1.58 bits per heavy atom. The van der Waals surface area contributed by atoms with E-state index in [9.17, 15) is 33.6 Å². The molecule has 21 nitrogen and oxygen atoms in total. The van der Waals surface area contributed by atoms with E-state index in [-0.39, 0.29) is 32.4 Å². The number of nitrogens with two attached hydrogens (primary N) is 3. The van der Waals surface area contributed by atoms with Crippen LogP contribution in [0.25, 0.3) is 32.6 Å². The molecule has 2 aromatic carbocycles. The van der Waals surface area contributed by atoms with Crippen LogP contribution in [0.4, 0.5) is 0 Å². The lowest BCUT2D eigenvalue weighted by Crippen LogP contribution is -2.60. The number of aryl methyl sites for hydroxylation is 1. The van der Waals surface area contributed by atoms with Crippen molar-refractivity contribution in [2.45, 2.75) is 114 Å². The van der Waals surface area contributed by atoms with Gasteiger partial charge in [0.25, 0.3) is 0 Å². The lowest BCUT2D eigenvalue weighted by molar-refractivity contribution is -0.143. The summed E-state index contributed by atoms with van der Waals surface area (Å²) in [6, 6.07) is 10.8. The summed E-state index contributed by atoms with van der Waals surface area (Å²) < 4.78 is 1.58. The maximum Gasteiger partial charge on any atom is 0.246 e. The number of para-hydroxylation sites is 1. The van der Waals surface area contributed by atoms with E-state index in [0.717, 1.165) is 26.9 Å². The minimum Gasteiger partial charge on any atom is -0.370 e. The largest absolute Gasteiger partial charge is 0.370 e. The van der Waals surface area contributed by atoms with Gasteiger partial charge in [-0.25, -0.2) is 4.68 Å². The van der Waals surface area contributed by atoms with E-state index in [1.807, 2.05) is 55.5 Å². The van der Waals surface area contributed by atoms with E-state index >= 15 is 4.79 Å². The van der Waals surface area contributed by atoms with Crippen molar-refractivity contribution in [1.82, 2.24) is 51.5 Å². The van der Waals surface area contributed by atoms with Crippen LogP contribution < -0.4 is 43.8 Å². The fourth-order valence-electron chi connectivity index (χ4n) is 8.91. The van der Waals surface area contributed by atoms with Gasteiger partial charge in [-0.2, -0.15) is 0 Å². The molecular weight excluding hydrogens is 931 g/mol. The Bertz CT molecular complexity index is 2770. The minimum atomic E-state index is -1.58. The van der Waals surface area contributed by atoms with Crippen molar-refractivity contribution in [3.63, 3.8) is 0 Å². The molecule has 0 saturated carbocycles. The maximum atomic E-state index is 15.1. The topological polar surface area (TPSA) is 325 Å². The second kappa shape index (κ2) is 23.0. The van der Waals surface area contributed by atoms with Crippen molar-refractivity contribution in [3.8, 4) is 21.7 Å². The Labute approximate surface area is 413 Å². The Kier molecular flexibility index (Phi) is 16.6. The van der Waals surface area contributed by atoms with E-state index in [0.29, 0.717) is 30.5 Å². The molecule has 2 aliphatic heterocycles. The van der Waals surface area contributed by atoms with Crippen LogP contribution in [0.15, 0.2) is 73.1 Å². The number of primary amides is 2. The molecule has 7 rings (SSSR count). The molecule has 0 bridgehead atoms. The van der Waals surface area contributed by atoms with E-state index in [2.05, 4.69) is 54.0 Å². The predicted molar refractivity (Wildman–Crippen MR) is 264 cm³/mol. The highest BCUT2D eigenvalue weighted by atomic mass is 32.1. The zero-order chi connectivity index (χ0) is 50.9. The van der Waals surface area contributed by atoms with Crippen LogP contribution in [0.3, 0.4) is 0 Å². The van der Waals surface area contributed by atoms with E-state index < -0.39 is 108 Å². The quantitative estimate of drug-likeness (QED) is 0.0958. The third-order valence-electron chi connectivity index (χ3n) is 13.1. The third-order valence-corrected chi connectivity index (χ3v) is 14.2. The van der Waals surface area contributed by atoms with Crippen LogP contribution in [-0.4, -0.2) is 121 Å². The monoisotopic (exact) mass is 991 g/mol. The zero-order valence-corrected chi connectivity index (χ0v) is 40.6. The average molecular weight is 992 g/mol. The number of nitrogens with one attached hydrogen (secondary N) is 6. The number of hydrogen-bond donors (Lipinski definition) is 9. The zero-order valence-electron chi connectivity index (χ0n) is 39.8. The second-order valence-corrected chi connectivity index (χ2v) is 19.6. The molecule has 12 N–H and O–H groups in total. The maximum absolute atomic E-state index is 15.1. The van der Waals surface area contributed by atoms with Crippen molar-refractivity contribution < 1.29 is 38.4 Å². The first kappa shape index (κ1) is 51.4. The Morgan fingerprint density at radius 1 is 0.859 bits per heavy atom. The Balaban J connectivity index is 1.24. The van der Waals surface area contributed by atoms with E-state index in [4.69, 9.17) is 17.2 Å². The van der Waals surface area contributed by atoms with Crippen LogP contribution in [0.5, 0.6) is 0 Å². The number of H-pyrrole nitrogens is 1. The van der Waals surface area contributed by atoms with Gasteiger partial charge in [0.2, 0.25) is 47.3 Å². The van der Waals surface area contributed by atoms with Gasteiger partial charge < -0.3 is 53.7 Å². The van der Waals surface area contributed by atoms with Crippen LogP contribution in [0.2, 0.25) is 0 Å². The van der Waals surface area contributed by atoms with Crippen LogP contribution >= 0.6 is 11.3 Å². The number of aromatic nitrogens is 4. The molecule has 22 heteroatoms. The summed E-state index contributed by atoms with van der Waals surface area (Å²) in [5.41, 5.74) is 21.2. The molecule has 0 aliphatic carbocycles. The molecule has 0 radical (unpaired) electrons. The highest BCUT2D eigenvalue weighted by Gasteiger charge is 2.45. The highest BCUT2D eigenvalue weighted by molar-refractivity contribution is 7.15. The molecule has 5 heterocycles. The number of amides is 8. The van der Waals surface area contributed by atoms with Crippen LogP contribution in [-0.2, 0) is 44.8 Å². The van der Waals surface area contributed by atoms with Gasteiger partial charge in [0.15, 0.2) is 0 Å². The van der Waals surface area contributed by atoms with Gasteiger partial charge in [0, 0.05) is 58.3 Å². The van der Waals surface area contributed by atoms with Crippen LogP contribution in [0, 0.1) is 12.8 Å². The smallest absolute Gasteiger partial charge is 0.246 e. The average Bonchev–Trinajstić information content (AvgIpc) is 4.19. The number of fused-ring (bicyclic) bond motifs is 2. The van der Waals surface area contributed by atoms with E-state index in [1.54, 1.807) is 42.3 Å². The lowest BCUT2D eigenvalue weighted by atomic mass is 9.96. The standard InChI is InChI=1S/C49H61N13O8S/c1-4-26(2)43-49(70)61-24-31(62-25-38(59-60-62)28-13-15-29(16-14-28)40-17-12-27(3)71-40)20-39(61)48(69)57-36(19-30-23-54-34-10-6-5-9-32(30)34)46(67)55-35(44(52)65)11-7-8-18-53-42(64)21-33(50)45(66)56-37(22-41(51)63)47(68)58-43/h5-6,9-10,12-17,23,25-26,31,33,35-37,39,43,54H,4,7-8,11,18-22,24,50H2,1-3H3,(H2,51,63)(H2,52,65)(H,53,64)(H,55,67)(H,56,66)(H,57,69)(H,58,68)/t26-,31-,33-,35-,36-,37-,39-,43-/m0/s1. The first-order valence-electron chi connectivity index (χ1n) is 23.8. The van der Waals surface area contributed by atoms with Crippen LogP contribution in [0.1, 0.15) is 75.3 Å². The molecular formula is C49H61N13O8S. The predicted octanol–water partition coefficient (Wildman–Crippen LogP) is 1.21. The number of rotatable bonds is 10. The number of aromatic amines is 1. The number of benzene rings is 2. The molecule has 2 saturated heterocycles. The fraction of sp³-hybridized carbons (Fsp3) is 0.429. The number of carbonyl (C=O) groups excluding carboxylic acids is 8. The van der Waals surface area contributed by atoms with Gasteiger partial charge in [0.05, 0.1) is 31.1 Å². The normalized spacial score (nSPS) is 24.0. The molecule has 0 unspecified atom stereocenters. The number of hydrogen-bond acceptors (Lipinski definition) is 12. The molecule has 8 amide bonds. The molecule has 71 heavy (non-hydrogen) atoms. The minimum absolute atomic E-state index is 0.00848. The molecule has 8 atom stereocenters. The van der Waals surface area contributed by atoms with Crippen molar-refractivity contribution >= 4 is 69.5 Å². The molecule has 2 aliphatic rings. The fourth-order valence-corrected chi connectivity index (χ4v) is 9.78. The second-order valence-electron chi connectivity index (χ2n) is 18.3. The molecule has 376 valence electrons. The first-order chi connectivity index (χ1) is 34.0. The van der Waals surface area contributed by atoms with Crippen molar-refractivity contribution in [2.75, 3.05) is 13.1 Å². The van der Waals surface area contributed by atoms with Gasteiger partial charge in [0.1, 0.15) is 35.9 Å². The molecule has 3 aromatic heterocycles. The number of carbonyl (C=O) groups is 8. The van der Waals surface area contributed by atoms with Gasteiger partial charge in [-0.3, -0.25) is 38.4 Å². The number of nitrogens with zero attached hydrogens (tertiary/aromatic N) is 4. The Morgan fingerprint density at radius 3 is 2.28 bits per heavy atom. The summed E-state index contributed by atoms with van der Waals surface area (Å²) in [5, 5.41) is 23.1. The van der Waals surface area contributed by atoms with Gasteiger partial charge in [-0.05, 0) is 61.4 Å². The molecule has 2 fully saturated rings. The van der Waals surface area contributed by atoms with Crippen molar-refractivity contribution in [3.05, 3.63) is 83.5 Å². The van der Waals surface area contributed by atoms with Gasteiger partial charge >= 0.3 is 0 Å². The molecule has 5 aromatic rings. The van der Waals surface area contributed by atoms with Crippen molar-refractivity contribution in [1.29, 1.82) is 0 Å². The SMILES string of the molecule is CC[C@H](C)[C@@H]1NC(=O)[C@H](CC(N)=O)NC(=O)[C@@H](N)CC(=O)NCCCC[C@@H](C(N)=O)NC(=O)[C@H](Cc2c[nH]c3ccccc23)NC(=O)[C@@H]2C[C@H](n3cc(-c4ccc(-c5ccc(C)s5)cc4)nn3)CN2C1=O. The number of thiophene rings is 1. The Hall–Kier alpha value is -7.46. The summed E-state index contributed by atoms with van der Waals surface area (Å²) in [4.78, 5) is 117. The first-order valence-corrected chi connectivity index (χ1v) is 24.6. The summed E-state index contributed by atoms with van der Waals surface area (Å²) in [6.45, 7) is 5.61. The van der Waals surface area contributed by atoms with Gasteiger partial charge in [-0.15, -0.1) is 16.4 Å².